The SMILES string of the molecule is CCc1ccc([N+](=O)[O-])cc1-c1c(I)n[nH]c1Br. The summed E-state index contributed by atoms with van der Waals surface area (Å²) in [6, 6.07) is 4.92. The maximum atomic E-state index is 10.9. The molecule has 1 aromatic carbocycles. The molecule has 0 amide bonds. The van der Waals surface area contributed by atoms with E-state index in [0.29, 0.717) is 0 Å². The Balaban J connectivity index is 2.68. The van der Waals surface area contributed by atoms with E-state index in [1.165, 1.54) is 6.07 Å². The molecule has 0 aliphatic carbocycles. The third-order valence-corrected chi connectivity index (χ3v) is 3.99. The van der Waals surface area contributed by atoms with Crippen molar-refractivity contribution in [2.24, 2.45) is 0 Å². The lowest BCUT2D eigenvalue weighted by atomic mass is 10.00. The minimum Gasteiger partial charge on any atom is -0.270 e. The quantitative estimate of drug-likeness (QED) is 0.463. The summed E-state index contributed by atoms with van der Waals surface area (Å²) in [7, 11) is 0. The van der Waals surface area contributed by atoms with Gasteiger partial charge in [-0.2, -0.15) is 5.10 Å². The summed E-state index contributed by atoms with van der Waals surface area (Å²) in [5, 5.41) is 17.8. The van der Waals surface area contributed by atoms with Crippen molar-refractivity contribution in [2.75, 3.05) is 0 Å². The number of aromatic amines is 1. The highest BCUT2D eigenvalue weighted by atomic mass is 127. The van der Waals surface area contributed by atoms with E-state index < -0.39 is 0 Å². The van der Waals surface area contributed by atoms with Crippen molar-refractivity contribution in [3.8, 4) is 11.1 Å². The molecule has 1 N–H and O–H groups in total. The fourth-order valence-electron chi connectivity index (χ4n) is 1.75. The van der Waals surface area contributed by atoms with Crippen molar-refractivity contribution in [1.29, 1.82) is 0 Å². The van der Waals surface area contributed by atoms with Crippen molar-refractivity contribution in [3.05, 3.63) is 42.2 Å². The first-order valence-electron chi connectivity index (χ1n) is 5.21. The van der Waals surface area contributed by atoms with Crippen molar-refractivity contribution < 1.29 is 4.92 Å². The Morgan fingerprint density at radius 2 is 2.28 bits per heavy atom. The molecule has 0 saturated heterocycles. The van der Waals surface area contributed by atoms with Gasteiger partial charge >= 0.3 is 0 Å². The van der Waals surface area contributed by atoms with Gasteiger partial charge in [0.15, 0.2) is 0 Å². The average Bonchev–Trinajstić information content (AvgIpc) is 2.68. The predicted octanol–water partition coefficient (Wildman–Crippen LogP) is 3.91. The zero-order chi connectivity index (χ0) is 13.3. The smallest absolute Gasteiger partial charge is 0.270 e. The molecule has 7 heteroatoms. The molecule has 0 unspecified atom stereocenters. The second kappa shape index (κ2) is 5.35. The van der Waals surface area contributed by atoms with Crippen LogP contribution in [0.3, 0.4) is 0 Å². The van der Waals surface area contributed by atoms with Gasteiger partial charge in [0.25, 0.3) is 5.69 Å². The van der Waals surface area contributed by atoms with E-state index in [1.807, 2.05) is 6.92 Å². The molecule has 2 rings (SSSR count). The molecule has 0 saturated carbocycles. The summed E-state index contributed by atoms with van der Waals surface area (Å²) in [6.45, 7) is 2.02. The minimum atomic E-state index is -0.385. The molecule has 0 spiro atoms. The molecule has 0 bridgehead atoms. The van der Waals surface area contributed by atoms with Crippen LogP contribution in [0.2, 0.25) is 0 Å². The van der Waals surface area contributed by atoms with Crippen LogP contribution in [0.5, 0.6) is 0 Å². The van der Waals surface area contributed by atoms with Gasteiger partial charge in [-0.05, 0) is 56.1 Å². The fraction of sp³-hybridized carbons (Fsp3) is 0.182. The van der Waals surface area contributed by atoms with E-state index in [-0.39, 0.29) is 10.6 Å². The molecule has 94 valence electrons. The number of aryl methyl sites for hydroxylation is 1. The molecule has 18 heavy (non-hydrogen) atoms. The maximum absolute atomic E-state index is 10.9. The standard InChI is InChI=1S/C11H9BrIN3O2/c1-2-6-3-4-7(16(17)18)5-8(6)9-10(12)14-15-11(9)13/h3-5H,2H2,1H3,(H,14,15). The number of H-pyrrole nitrogens is 1. The van der Waals surface area contributed by atoms with Crippen LogP contribution < -0.4 is 0 Å². The third-order valence-electron chi connectivity index (χ3n) is 2.63. The minimum absolute atomic E-state index is 0.0890. The normalized spacial score (nSPS) is 10.6. The van der Waals surface area contributed by atoms with Crippen LogP contribution in [0, 0.1) is 13.8 Å². The van der Waals surface area contributed by atoms with Crippen molar-refractivity contribution in [1.82, 2.24) is 10.2 Å². The highest BCUT2D eigenvalue weighted by molar-refractivity contribution is 14.1. The maximum Gasteiger partial charge on any atom is 0.270 e. The molecule has 0 radical (unpaired) electrons. The molecular weight excluding hydrogens is 413 g/mol. The summed E-state index contributed by atoms with van der Waals surface area (Å²) in [4.78, 5) is 10.5. The molecule has 0 aliphatic heterocycles. The van der Waals surface area contributed by atoms with Crippen LogP contribution in [-0.4, -0.2) is 15.1 Å². The molecule has 2 aromatic rings. The summed E-state index contributed by atoms with van der Waals surface area (Å²) < 4.78 is 1.52. The second-order valence-corrected chi connectivity index (χ2v) is 5.47. The molecule has 0 fully saturated rings. The topological polar surface area (TPSA) is 71.8 Å². The third kappa shape index (κ3) is 2.41. The zero-order valence-electron chi connectivity index (χ0n) is 9.41. The number of hydrogen-bond donors (Lipinski definition) is 1. The Morgan fingerprint density at radius 1 is 1.56 bits per heavy atom. The summed E-state index contributed by atoms with van der Waals surface area (Å²) in [6.07, 6.45) is 0.807. The highest BCUT2D eigenvalue weighted by Crippen LogP contribution is 2.35. The lowest BCUT2D eigenvalue weighted by Gasteiger charge is -2.07. The van der Waals surface area contributed by atoms with Crippen LogP contribution in [0.1, 0.15) is 12.5 Å². The summed E-state index contributed by atoms with van der Waals surface area (Å²) in [5.41, 5.74) is 2.86. The molecule has 0 atom stereocenters. The van der Waals surface area contributed by atoms with Gasteiger partial charge in [0.05, 0.1) is 4.92 Å². The number of rotatable bonds is 3. The number of halogens is 2. The van der Waals surface area contributed by atoms with E-state index in [0.717, 1.165) is 31.4 Å². The Labute approximate surface area is 125 Å². The number of benzene rings is 1. The first kappa shape index (κ1) is 13.5. The van der Waals surface area contributed by atoms with Gasteiger partial charge in [-0.1, -0.05) is 13.0 Å². The lowest BCUT2D eigenvalue weighted by molar-refractivity contribution is -0.384. The van der Waals surface area contributed by atoms with Crippen molar-refractivity contribution >= 4 is 44.2 Å². The van der Waals surface area contributed by atoms with Crippen LogP contribution in [0.25, 0.3) is 11.1 Å². The molecule has 5 nitrogen and oxygen atoms in total. The number of nitro benzene ring substituents is 1. The number of non-ortho nitro benzene ring substituents is 1. The van der Waals surface area contributed by atoms with E-state index in [2.05, 4.69) is 48.7 Å². The molecular formula is C11H9BrIN3O2. The second-order valence-electron chi connectivity index (χ2n) is 3.66. The Morgan fingerprint density at radius 3 is 2.78 bits per heavy atom. The van der Waals surface area contributed by atoms with E-state index in [4.69, 9.17) is 0 Å². The number of aromatic nitrogens is 2. The number of hydrogen-bond acceptors (Lipinski definition) is 3. The number of nitro groups is 1. The molecule has 1 aromatic heterocycles. The van der Waals surface area contributed by atoms with Crippen LogP contribution in [0.4, 0.5) is 5.69 Å². The van der Waals surface area contributed by atoms with Gasteiger partial charge in [-0.3, -0.25) is 15.2 Å². The van der Waals surface area contributed by atoms with Gasteiger partial charge in [0, 0.05) is 17.7 Å². The Hall–Kier alpha value is -0.960. The average molecular weight is 422 g/mol. The largest absolute Gasteiger partial charge is 0.270 e. The van der Waals surface area contributed by atoms with E-state index in [9.17, 15) is 10.1 Å². The first-order chi connectivity index (χ1) is 8.54. The molecule has 0 aliphatic rings. The van der Waals surface area contributed by atoms with E-state index >= 15 is 0 Å². The van der Waals surface area contributed by atoms with Gasteiger partial charge in [0.2, 0.25) is 0 Å². The molecule has 1 heterocycles. The van der Waals surface area contributed by atoms with Crippen molar-refractivity contribution in [2.45, 2.75) is 13.3 Å². The Kier molecular flexibility index (Phi) is 4.00. The fourth-order valence-corrected chi connectivity index (χ4v) is 3.29. The van der Waals surface area contributed by atoms with Crippen LogP contribution in [-0.2, 0) is 6.42 Å². The predicted molar refractivity (Wildman–Crippen MR) is 80.5 cm³/mol. The Bertz CT molecular complexity index is 593. The summed E-state index contributed by atoms with van der Waals surface area (Å²) in [5.74, 6) is 0. The highest BCUT2D eigenvalue weighted by Gasteiger charge is 2.17. The van der Waals surface area contributed by atoms with Crippen LogP contribution in [0.15, 0.2) is 22.8 Å². The zero-order valence-corrected chi connectivity index (χ0v) is 13.1. The first-order valence-corrected chi connectivity index (χ1v) is 7.08. The van der Waals surface area contributed by atoms with Gasteiger partial charge in [-0.25, -0.2) is 0 Å². The number of nitrogens with one attached hydrogen (secondary N) is 1. The monoisotopic (exact) mass is 421 g/mol. The van der Waals surface area contributed by atoms with Gasteiger partial charge in [-0.15, -0.1) is 0 Å². The number of nitrogens with zero attached hydrogens (tertiary/aromatic N) is 2. The van der Waals surface area contributed by atoms with Gasteiger partial charge < -0.3 is 0 Å². The lowest BCUT2D eigenvalue weighted by Crippen LogP contribution is -1.93. The summed E-state index contributed by atoms with van der Waals surface area (Å²) >= 11 is 5.49. The van der Waals surface area contributed by atoms with Crippen molar-refractivity contribution in [3.63, 3.8) is 0 Å². The van der Waals surface area contributed by atoms with Gasteiger partial charge in [0.1, 0.15) is 8.30 Å². The van der Waals surface area contributed by atoms with Crippen LogP contribution >= 0.6 is 38.5 Å². The van der Waals surface area contributed by atoms with E-state index in [1.54, 1.807) is 12.1 Å².